The number of hydrogen-bond acceptors (Lipinski definition) is 6. The van der Waals surface area contributed by atoms with E-state index in [-0.39, 0.29) is 12.3 Å². The molecule has 5 rings (SSSR count). The third kappa shape index (κ3) is 4.74. The van der Waals surface area contributed by atoms with E-state index in [1.165, 1.54) is 0 Å². The summed E-state index contributed by atoms with van der Waals surface area (Å²) in [5, 5.41) is 27.5. The maximum atomic E-state index is 14.1. The van der Waals surface area contributed by atoms with Gasteiger partial charge in [-0.05, 0) is 59.8 Å². The Morgan fingerprint density at radius 1 is 1.11 bits per heavy atom. The number of aromatic amines is 1. The first-order chi connectivity index (χ1) is 18.6. The summed E-state index contributed by atoms with van der Waals surface area (Å²) in [6.45, 7) is 5.32. The van der Waals surface area contributed by atoms with Crippen LogP contribution < -0.4 is 11.0 Å². The minimum absolute atomic E-state index is 0.114. The second-order valence-electron chi connectivity index (χ2n) is 9.68. The average Bonchev–Trinajstić information content (AvgIpc) is 3.69. The summed E-state index contributed by atoms with van der Waals surface area (Å²) in [6, 6.07) is 9.96. The van der Waals surface area contributed by atoms with Gasteiger partial charge in [-0.25, -0.2) is 9.89 Å². The number of hydrogen-bond donors (Lipinski definition) is 3. The van der Waals surface area contributed by atoms with Crippen molar-refractivity contribution in [1.29, 1.82) is 0 Å². The molecule has 0 amide bonds. The quantitative estimate of drug-likeness (QED) is 0.282. The molecule has 0 saturated carbocycles. The molecule has 1 aromatic carbocycles. The van der Waals surface area contributed by atoms with Gasteiger partial charge < -0.3 is 15.0 Å². The second-order valence-corrected chi connectivity index (χ2v) is 9.68. The molecule has 10 nitrogen and oxygen atoms in total. The van der Waals surface area contributed by atoms with E-state index in [2.05, 4.69) is 68.6 Å². The molecular formula is C28H34N8O2. The van der Waals surface area contributed by atoms with Crippen molar-refractivity contribution in [1.82, 2.24) is 39.6 Å². The Labute approximate surface area is 221 Å². The summed E-state index contributed by atoms with van der Waals surface area (Å²) in [7, 11) is 0. The zero-order chi connectivity index (χ0) is 26.5. The standard InChI is InChI=1S/C28H34N8O2/c1-3-5-9-24-18-35(26-22(19-37)10-16-34(26)15-4-2)27(38)36(24)20-28(11-13-29-14-12-28)23-8-6-7-21(17-23)25-30-32-33-31-25/h6-8,10-14,16-18,29,37H,3-5,9,15,19-20H2,1-2H3,(H,30,31,32,33). The van der Waals surface area contributed by atoms with Crippen molar-refractivity contribution in [3.05, 3.63) is 94.6 Å². The number of aromatic nitrogens is 7. The summed E-state index contributed by atoms with van der Waals surface area (Å²) < 4.78 is 5.66. The van der Waals surface area contributed by atoms with Crippen molar-refractivity contribution in [2.24, 2.45) is 0 Å². The lowest BCUT2D eigenvalue weighted by atomic mass is 9.78. The van der Waals surface area contributed by atoms with Crippen molar-refractivity contribution in [2.75, 3.05) is 0 Å². The smallest absolute Gasteiger partial charge is 0.334 e. The Kier molecular flexibility index (Phi) is 7.41. The highest BCUT2D eigenvalue weighted by atomic mass is 16.3. The van der Waals surface area contributed by atoms with Crippen LogP contribution in [0, 0.1) is 0 Å². The van der Waals surface area contributed by atoms with Crippen LogP contribution in [0.3, 0.4) is 0 Å². The van der Waals surface area contributed by atoms with Gasteiger partial charge in [0.15, 0.2) is 5.82 Å². The van der Waals surface area contributed by atoms with Crippen LogP contribution in [0.25, 0.3) is 17.2 Å². The summed E-state index contributed by atoms with van der Waals surface area (Å²) in [5.41, 5.74) is 2.92. The van der Waals surface area contributed by atoms with Gasteiger partial charge in [-0.15, -0.1) is 5.10 Å². The highest BCUT2D eigenvalue weighted by Crippen LogP contribution is 2.33. The number of H-pyrrole nitrogens is 1. The molecule has 1 aliphatic heterocycles. The molecule has 4 aromatic rings. The first kappa shape index (κ1) is 25.5. The number of nitrogens with zero attached hydrogens (tertiary/aromatic N) is 6. The molecule has 3 N–H and O–H groups in total. The van der Waals surface area contributed by atoms with Crippen LogP contribution in [-0.4, -0.2) is 39.4 Å². The van der Waals surface area contributed by atoms with Crippen molar-refractivity contribution < 1.29 is 5.11 Å². The average molecular weight is 515 g/mol. The van der Waals surface area contributed by atoms with E-state index in [0.717, 1.165) is 60.4 Å². The predicted octanol–water partition coefficient (Wildman–Crippen LogP) is 3.43. The molecule has 0 atom stereocenters. The summed E-state index contributed by atoms with van der Waals surface area (Å²) in [4.78, 5) is 14.1. The summed E-state index contributed by atoms with van der Waals surface area (Å²) >= 11 is 0. The van der Waals surface area contributed by atoms with E-state index in [9.17, 15) is 9.90 Å². The van der Waals surface area contributed by atoms with E-state index < -0.39 is 5.41 Å². The van der Waals surface area contributed by atoms with Crippen LogP contribution in [0.5, 0.6) is 0 Å². The van der Waals surface area contributed by atoms with E-state index in [1.807, 2.05) is 47.6 Å². The van der Waals surface area contributed by atoms with Gasteiger partial charge in [-0.3, -0.25) is 9.13 Å². The molecule has 3 aromatic heterocycles. The molecule has 38 heavy (non-hydrogen) atoms. The van der Waals surface area contributed by atoms with Crippen LogP contribution in [0.4, 0.5) is 0 Å². The number of benzene rings is 1. The van der Waals surface area contributed by atoms with Crippen LogP contribution in [-0.2, 0) is 31.5 Å². The Morgan fingerprint density at radius 3 is 2.66 bits per heavy atom. The van der Waals surface area contributed by atoms with Gasteiger partial charge in [-0.1, -0.05) is 50.6 Å². The van der Waals surface area contributed by atoms with Crippen molar-refractivity contribution in [2.45, 2.75) is 64.6 Å². The van der Waals surface area contributed by atoms with Gasteiger partial charge in [0.1, 0.15) is 5.82 Å². The summed E-state index contributed by atoms with van der Waals surface area (Å²) in [6.07, 6.45) is 15.6. The lowest BCUT2D eigenvalue weighted by Crippen LogP contribution is -2.36. The van der Waals surface area contributed by atoms with Gasteiger partial charge in [-0.2, -0.15) is 0 Å². The zero-order valence-electron chi connectivity index (χ0n) is 21.8. The summed E-state index contributed by atoms with van der Waals surface area (Å²) in [5.74, 6) is 1.32. The SMILES string of the molecule is CCCCc1cn(-c2c(CO)ccn2CCC)c(=O)n1CC1(c2cccc(-c3nnn[nH]3)c2)C=CNC=C1. The zero-order valence-corrected chi connectivity index (χ0v) is 21.8. The number of unbranched alkanes of at least 4 members (excludes halogenated alkanes) is 1. The lowest BCUT2D eigenvalue weighted by Gasteiger charge is -2.31. The van der Waals surface area contributed by atoms with Gasteiger partial charge in [0, 0.05) is 42.3 Å². The molecule has 0 fully saturated rings. The molecule has 0 radical (unpaired) electrons. The number of imidazole rings is 1. The first-order valence-corrected chi connectivity index (χ1v) is 13.2. The van der Waals surface area contributed by atoms with Crippen LogP contribution in [0.1, 0.15) is 49.9 Å². The van der Waals surface area contributed by atoms with E-state index in [4.69, 9.17) is 0 Å². The van der Waals surface area contributed by atoms with Crippen molar-refractivity contribution >= 4 is 0 Å². The molecule has 10 heteroatoms. The fourth-order valence-electron chi connectivity index (χ4n) is 5.15. The van der Waals surface area contributed by atoms with E-state index in [1.54, 1.807) is 4.57 Å². The number of rotatable bonds is 11. The van der Waals surface area contributed by atoms with Crippen LogP contribution in [0.2, 0.25) is 0 Å². The normalized spacial score (nSPS) is 14.2. The number of nitrogens with one attached hydrogen (secondary N) is 2. The third-order valence-electron chi connectivity index (χ3n) is 7.12. The predicted molar refractivity (Wildman–Crippen MR) is 146 cm³/mol. The maximum absolute atomic E-state index is 14.1. The number of dihydropyridines is 1. The van der Waals surface area contributed by atoms with Gasteiger partial charge in [0.25, 0.3) is 0 Å². The molecule has 0 spiro atoms. The largest absolute Gasteiger partial charge is 0.392 e. The molecule has 4 heterocycles. The molecule has 1 aliphatic rings. The van der Waals surface area contributed by atoms with Crippen molar-refractivity contribution in [3.8, 4) is 17.2 Å². The number of aliphatic hydroxyl groups is 1. The fraction of sp³-hybridized carbons (Fsp3) is 0.357. The molecule has 0 unspecified atom stereocenters. The molecule has 198 valence electrons. The lowest BCUT2D eigenvalue weighted by molar-refractivity contribution is 0.281. The maximum Gasteiger partial charge on any atom is 0.334 e. The molecule has 0 aliphatic carbocycles. The van der Waals surface area contributed by atoms with Crippen LogP contribution >= 0.6 is 0 Å². The molecule has 0 saturated heterocycles. The Hall–Kier alpha value is -4.18. The highest BCUT2D eigenvalue weighted by molar-refractivity contribution is 5.57. The Morgan fingerprint density at radius 2 is 1.95 bits per heavy atom. The number of tetrazole rings is 1. The monoisotopic (exact) mass is 514 g/mol. The topological polar surface area (TPSA) is 119 Å². The number of aryl methyl sites for hydroxylation is 2. The van der Waals surface area contributed by atoms with Crippen molar-refractivity contribution in [3.63, 3.8) is 0 Å². The molecule has 0 bridgehead atoms. The third-order valence-corrected chi connectivity index (χ3v) is 7.12. The van der Waals surface area contributed by atoms with E-state index in [0.29, 0.717) is 12.4 Å². The number of aliphatic hydroxyl groups excluding tert-OH is 1. The first-order valence-electron chi connectivity index (χ1n) is 13.2. The van der Waals surface area contributed by atoms with Crippen LogP contribution in [0.15, 0.2) is 72.1 Å². The Bertz CT molecular complexity index is 1480. The van der Waals surface area contributed by atoms with Gasteiger partial charge in [0.05, 0.1) is 12.0 Å². The minimum atomic E-state index is -0.573. The van der Waals surface area contributed by atoms with Gasteiger partial charge in [0.2, 0.25) is 0 Å². The highest BCUT2D eigenvalue weighted by Gasteiger charge is 2.32. The van der Waals surface area contributed by atoms with E-state index >= 15 is 0 Å². The molecular weight excluding hydrogens is 480 g/mol. The fourth-order valence-corrected chi connectivity index (χ4v) is 5.15. The number of allylic oxidation sites excluding steroid dienone is 2. The Balaban J connectivity index is 1.63. The second kappa shape index (κ2) is 11.1. The minimum Gasteiger partial charge on any atom is -0.392 e. The van der Waals surface area contributed by atoms with Gasteiger partial charge >= 0.3 is 5.69 Å².